The van der Waals surface area contributed by atoms with E-state index in [1.807, 2.05) is 0 Å². The Hall–Kier alpha value is -5.83. The Morgan fingerprint density at radius 3 is 1.51 bits per heavy atom. The third kappa shape index (κ3) is 8.33. The molecule has 206 valence electrons. The Bertz CT molecular complexity index is 1540. The molecule has 0 spiro atoms. The summed E-state index contributed by atoms with van der Waals surface area (Å²) in [4.78, 5) is 46.7. The van der Waals surface area contributed by atoms with Crippen molar-refractivity contribution in [2.75, 3.05) is 0 Å². The number of halogens is 1. The molecule has 0 aromatic heterocycles. The first-order valence-electron chi connectivity index (χ1n) is 11.8. The Labute approximate surface area is 234 Å². The standard InChI is InChI=1S/C32H23FO8/c1-5-28(34)38-24-16-23(17-25(18-24)39-29(35)6-2)21-12-9-20(10-13-21)11-14-22-15-26(40-30(36)7-3)19-27(32(22)33)41-31(37)8-4/h5-19H,1-4H2/b14-11+. The van der Waals surface area contributed by atoms with Crippen LogP contribution in [0.4, 0.5) is 4.39 Å². The molecule has 0 aliphatic rings. The normalized spacial score (nSPS) is 10.3. The molecular weight excluding hydrogens is 531 g/mol. The summed E-state index contributed by atoms with van der Waals surface area (Å²) in [5, 5.41) is 0. The lowest BCUT2D eigenvalue weighted by atomic mass is 10.0. The van der Waals surface area contributed by atoms with E-state index in [4.69, 9.17) is 18.9 Å². The second kappa shape index (κ2) is 13.8. The molecule has 8 nitrogen and oxygen atoms in total. The summed E-state index contributed by atoms with van der Waals surface area (Å²) in [7, 11) is 0. The fourth-order valence-corrected chi connectivity index (χ4v) is 3.30. The van der Waals surface area contributed by atoms with Gasteiger partial charge in [0.2, 0.25) is 0 Å². The number of ether oxygens (including phenoxy) is 4. The summed E-state index contributed by atoms with van der Waals surface area (Å²) < 4.78 is 35.4. The molecule has 0 aliphatic carbocycles. The molecule has 3 rings (SSSR count). The lowest BCUT2D eigenvalue weighted by Crippen LogP contribution is -2.08. The van der Waals surface area contributed by atoms with E-state index in [2.05, 4.69) is 26.3 Å². The van der Waals surface area contributed by atoms with Crippen molar-refractivity contribution < 1.29 is 42.5 Å². The van der Waals surface area contributed by atoms with E-state index in [9.17, 15) is 19.2 Å². The monoisotopic (exact) mass is 554 g/mol. The van der Waals surface area contributed by atoms with Crippen molar-refractivity contribution in [3.8, 4) is 34.1 Å². The van der Waals surface area contributed by atoms with E-state index >= 15 is 4.39 Å². The van der Waals surface area contributed by atoms with Gasteiger partial charge in [-0.3, -0.25) is 0 Å². The van der Waals surface area contributed by atoms with E-state index in [1.165, 1.54) is 18.2 Å². The third-order valence-corrected chi connectivity index (χ3v) is 5.15. The van der Waals surface area contributed by atoms with Crippen LogP contribution in [0.1, 0.15) is 11.1 Å². The molecule has 0 heterocycles. The van der Waals surface area contributed by atoms with Gasteiger partial charge in [-0.1, -0.05) is 62.7 Å². The van der Waals surface area contributed by atoms with Gasteiger partial charge in [0.15, 0.2) is 11.6 Å². The summed E-state index contributed by atoms with van der Waals surface area (Å²) in [5.74, 6) is -4.19. The van der Waals surface area contributed by atoms with Gasteiger partial charge in [0, 0.05) is 42.0 Å². The van der Waals surface area contributed by atoms with Crippen LogP contribution in [0.5, 0.6) is 23.0 Å². The topological polar surface area (TPSA) is 105 Å². The molecule has 0 saturated heterocycles. The van der Waals surface area contributed by atoms with Gasteiger partial charge in [0.05, 0.1) is 0 Å². The van der Waals surface area contributed by atoms with Crippen molar-refractivity contribution in [2.24, 2.45) is 0 Å². The van der Waals surface area contributed by atoms with Crippen LogP contribution in [0.25, 0.3) is 23.3 Å². The lowest BCUT2D eigenvalue weighted by molar-refractivity contribution is -0.130. The van der Waals surface area contributed by atoms with E-state index < -0.39 is 35.4 Å². The average Bonchev–Trinajstić information content (AvgIpc) is 2.97. The van der Waals surface area contributed by atoms with Crippen molar-refractivity contribution in [1.29, 1.82) is 0 Å². The van der Waals surface area contributed by atoms with Crippen molar-refractivity contribution >= 4 is 36.0 Å². The number of hydrogen-bond acceptors (Lipinski definition) is 8. The molecule has 0 saturated carbocycles. The minimum absolute atomic E-state index is 0.0271. The van der Waals surface area contributed by atoms with Gasteiger partial charge in [-0.25, -0.2) is 23.6 Å². The first-order chi connectivity index (χ1) is 19.6. The van der Waals surface area contributed by atoms with Gasteiger partial charge in [-0.2, -0.15) is 0 Å². The number of benzene rings is 3. The molecule has 9 heteroatoms. The summed E-state index contributed by atoms with van der Waals surface area (Å²) >= 11 is 0. The van der Waals surface area contributed by atoms with Crippen LogP contribution in [-0.2, 0) is 19.2 Å². The molecule has 0 unspecified atom stereocenters. The summed E-state index contributed by atoms with van der Waals surface area (Å²) in [5.41, 5.74) is 1.87. The minimum Gasteiger partial charge on any atom is -0.423 e. The van der Waals surface area contributed by atoms with Crippen molar-refractivity contribution in [2.45, 2.75) is 0 Å². The zero-order valence-corrected chi connectivity index (χ0v) is 21.6. The highest BCUT2D eigenvalue weighted by Gasteiger charge is 2.15. The zero-order valence-electron chi connectivity index (χ0n) is 21.6. The Balaban J connectivity index is 1.93. The zero-order chi connectivity index (χ0) is 29.9. The lowest BCUT2D eigenvalue weighted by Gasteiger charge is -2.10. The summed E-state index contributed by atoms with van der Waals surface area (Å²) in [6, 6.07) is 13.8. The van der Waals surface area contributed by atoms with Crippen LogP contribution >= 0.6 is 0 Å². The van der Waals surface area contributed by atoms with Crippen molar-refractivity contribution in [3.63, 3.8) is 0 Å². The Morgan fingerprint density at radius 1 is 0.561 bits per heavy atom. The first-order valence-corrected chi connectivity index (χ1v) is 11.8. The fraction of sp³-hybridized carbons (Fsp3) is 0. The molecule has 0 bridgehead atoms. The van der Waals surface area contributed by atoms with Crippen molar-refractivity contribution in [1.82, 2.24) is 0 Å². The van der Waals surface area contributed by atoms with E-state index in [0.717, 1.165) is 30.4 Å². The number of carbonyl (C=O) groups is 4. The van der Waals surface area contributed by atoms with E-state index in [1.54, 1.807) is 42.5 Å². The molecule has 0 fully saturated rings. The average molecular weight is 555 g/mol. The van der Waals surface area contributed by atoms with Gasteiger partial charge >= 0.3 is 23.9 Å². The van der Waals surface area contributed by atoms with E-state index in [-0.39, 0.29) is 22.8 Å². The Morgan fingerprint density at radius 2 is 1.02 bits per heavy atom. The highest BCUT2D eigenvalue weighted by Crippen LogP contribution is 2.32. The van der Waals surface area contributed by atoms with Crippen LogP contribution in [0.2, 0.25) is 0 Å². The number of hydrogen-bond donors (Lipinski definition) is 0. The van der Waals surface area contributed by atoms with Crippen LogP contribution in [0, 0.1) is 5.82 Å². The van der Waals surface area contributed by atoms with Gasteiger partial charge in [-0.15, -0.1) is 0 Å². The van der Waals surface area contributed by atoms with Gasteiger partial charge in [0.25, 0.3) is 0 Å². The number of rotatable bonds is 11. The quantitative estimate of drug-likeness (QED) is 0.123. The maximum Gasteiger partial charge on any atom is 0.335 e. The molecule has 0 radical (unpaired) electrons. The predicted octanol–water partition coefficient (Wildman–Crippen LogP) is 6.03. The minimum atomic E-state index is -0.896. The van der Waals surface area contributed by atoms with E-state index in [0.29, 0.717) is 16.7 Å². The smallest absolute Gasteiger partial charge is 0.335 e. The van der Waals surface area contributed by atoms with Gasteiger partial charge in [0.1, 0.15) is 17.2 Å². The third-order valence-electron chi connectivity index (χ3n) is 5.15. The SMILES string of the molecule is C=CC(=O)Oc1cc(OC(=O)C=C)cc(-c2ccc(/C=C/c3cc(OC(=O)C=C)cc(OC(=O)C=C)c3F)cc2)c1. The molecule has 41 heavy (non-hydrogen) atoms. The molecule has 0 atom stereocenters. The first kappa shape index (κ1) is 29.7. The summed E-state index contributed by atoms with van der Waals surface area (Å²) in [6.07, 6.45) is 6.78. The predicted molar refractivity (Wildman–Crippen MR) is 151 cm³/mol. The number of carbonyl (C=O) groups excluding carboxylic acids is 4. The van der Waals surface area contributed by atoms with Crippen LogP contribution in [0.3, 0.4) is 0 Å². The Kier molecular flexibility index (Phi) is 10.0. The summed E-state index contributed by atoms with van der Waals surface area (Å²) in [6.45, 7) is 13.3. The fourth-order valence-electron chi connectivity index (χ4n) is 3.30. The maximum absolute atomic E-state index is 15.1. The van der Waals surface area contributed by atoms with Gasteiger partial charge < -0.3 is 18.9 Å². The van der Waals surface area contributed by atoms with Crippen LogP contribution in [-0.4, -0.2) is 23.9 Å². The second-order valence-electron chi connectivity index (χ2n) is 7.97. The van der Waals surface area contributed by atoms with Crippen molar-refractivity contribution in [3.05, 3.63) is 122 Å². The highest BCUT2D eigenvalue weighted by molar-refractivity contribution is 5.86. The van der Waals surface area contributed by atoms with Crippen LogP contribution < -0.4 is 18.9 Å². The van der Waals surface area contributed by atoms with Gasteiger partial charge in [-0.05, 0) is 34.9 Å². The molecule has 0 aliphatic heterocycles. The van der Waals surface area contributed by atoms with Crippen LogP contribution in [0.15, 0.2) is 105 Å². The molecule has 3 aromatic carbocycles. The highest BCUT2D eigenvalue weighted by atomic mass is 19.1. The largest absolute Gasteiger partial charge is 0.423 e. The number of esters is 4. The molecular formula is C32H23FO8. The molecule has 0 amide bonds. The second-order valence-corrected chi connectivity index (χ2v) is 7.97. The maximum atomic E-state index is 15.1. The molecule has 3 aromatic rings. The molecule has 0 N–H and O–H groups in total.